The Balaban J connectivity index is 1.70. The number of benzene rings is 2. The molecule has 2 amide bonds. The average molecular weight is 382 g/mol. The van der Waals surface area contributed by atoms with Crippen LogP contribution in [0.25, 0.3) is 0 Å². The van der Waals surface area contributed by atoms with Crippen LogP contribution in [0.1, 0.15) is 30.5 Å². The molecule has 0 bridgehead atoms. The molecule has 0 aromatic heterocycles. The molecule has 1 aliphatic rings. The summed E-state index contributed by atoms with van der Waals surface area (Å²) in [6.45, 7) is 4.28. The van der Waals surface area contributed by atoms with Crippen molar-refractivity contribution in [1.82, 2.24) is 5.32 Å². The van der Waals surface area contributed by atoms with Gasteiger partial charge in [-0.05, 0) is 44.2 Å². The number of nitrogens with zero attached hydrogens (tertiary/aromatic N) is 1. The first-order valence-electron chi connectivity index (χ1n) is 9.32. The minimum Gasteiger partial charge on any atom is -0.497 e. The molecule has 0 radical (unpaired) electrons. The molecule has 2 aromatic carbocycles. The SMILES string of the molecule is COc1ccc(OC)c(C(C)NC(=O)C2CC(=O)N(c3ccc(C)cc3)C2)c1. The van der Waals surface area contributed by atoms with E-state index in [0.717, 1.165) is 16.8 Å². The molecule has 2 aromatic rings. The van der Waals surface area contributed by atoms with Crippen LogP contribution in [0, 0.1) is 12.8 Å². The predicted molar refractivity (Wildman–Crippen MR) is 108 cm³/mol. The Labute approximate surface area is 165 Å². The number of carbonyl (C=O) groups is 2. The fourth-order valence-electron chi connectivity index (χ4n) is 3.44. The van der Waals surface area contributed by atoms with Crippen molar-refractivity contribution >= 4 is 17.5 Å². The molecule has 0 saturated carbocycles. The summed E-state index contributed by atoms with van der Waals surface area (Å²) in [6.07, 6.45) is 0.210. The number of aryl methyl sites for hydroxylation is 1. The second-order valence-corrected chi connectivity index (χ2v) is 7.08. The molecule has 148 valence electrons. The molecule has 0 aliphatic carbocycles. The highest BCUT2D eigenvalue weighted by atomic mass is 16.5. The van der Waals surface area contributed by atoms with Crippen LogP contribution in [0.2, 0.25) is 0 Å². The summed E-state index contributed by atoms with van der Waals surface area (Å²) in [4.78, 5) is 26.9. The molecule has 1 aliphatic heterocycles. The Kier molecular flexibility index (Phi) is 5.87. The normalized spacial score (nSPS) is 17.4. The van der Waals surface area contributed by atoms with Gasteiger partial charge in [0.25, 0.3) is 0 Å². The van der Waals surface area contributed by atoms with E-state index in [2.05, 4.69) is 5.32 Å². The monoisotopic (exact) mass is 382 g/mol. The van der Waals surface area contributed by atoms with Crippen molar-refractivity contribution in [3.8, 4) is 11.5 Å². The highest BCUT2D eigenvalue weighted by Crippen LogP contribution is 2.30. The predicted octanol–water partition coefficient (Wildman–Crippen LogP) is 3.24. The standard InChI is InChI=1S/C22H26N2O4/c1-14-5-7-17(8-6-14)24-13-16(11-21(24)25)22(26)23-15(2)19-12-18(27-3)9-10-20(19)28-4/h5-10,12,15-16H,11,13H2,1-4H3,(H,23,26). The Morgan fingerprint density at radius 1 is 1.14 bits per heavy atom. The lowest BCUT2D eigenvalue weighted by Crippen LogP contribution is -2.34. The number of nitrogens with one attached hydrogen (secondary N) is 1. The van der Waals surface area contributed by atoms with Gasteiger partial charge in [0.1, 0.15) is 11.5 Å². The van der Waals surface area contributed by atoms with E-state index in [-0.39, 0.29) is 30.2 Å². The Morgan fingerprint density at radius 3 is 2.50 bits per heavy atom. The number of carbonyl (C=O) groups excluding carboxylic acids is 2. The molecule has 1 N–H and O–H groups in total. The van der Waals surface area contributed by atoms with Crippen LogP contribution in [-0.4, -0.2) is 32.6 Å². The lowest BCUT2D eigenvalue weighted by molar-refractivity contribution is -0.126. The van der Waals surface area contributed by atoms with Crippen LogP contribution in [0.15, 0.2) is 42.5 Å². The molecule has 3 rings (SSSR count). The number of hydrogen-bond acceptors (Lipinski definition) is 4. The third-order valence-electron chi connectivity index (χ3n) is 5.10. The van der Waals surface area contributed by atoms with Crippen LogP contribution in [0.4, 0.5) is 5.69 Å². The third-order valence-corrected chi connectivity index (χ3v) is 5.10. The van der Waals surface area contributed by atoms with Crippen molar-refractivity contribution in [2.24, 2.45) is 5.92 Å². The summed E-state index contributed by atoms with van der Waals surface area (Å²) in [5.74, 6) is 0.819. The van der Waals surface area contributed by atoms with E-state index in [1.54, 1.807) is 19.1 Å². The Morgan fingerprint density at radius 2 is 1.86 bits per heavy atom. The van der Waals surface area contributed by atoms with Crippen molar-refractivity contribution in [3.05, 3.63) is 53.6 Å². The number of ether oxygens (including phenoxy) is 2. The van der Waals surface area contributed by atoms with Gasteiger partial charge in [-0.25, -0.2) is 0 Å². The highest BCUT2D eigenvalue weighted by Gasteiger charge is 2.35. The van der Waals surface area contributed by atoms with Gasteiger partial charge in [0, 0.05) is 24.2 Å². The molecule has 2 unspecified atom stereocenters. The van der Waals surface area contributed by atoms with Gasteiger partial charge in [-0.1, -0.05) is 17.7 Å². The molecule has 2 atom stereocenters. The van der Waals surface area contributed by atoms with Crippen molar-refractivity contribution in [1.29, 1.82) is 0 Å². The summed E-state index contributed by atoms with van der Waals surface area (Å²) in [5.41, 5.74) is 2.79. The third kappa shape index (κ3) is 4.11. The van der Waals surface area contributed by atoms with Crippen LogP contribution in [0.5, 0.6) is 11.5 Å². The summed E-state index contributed by atoms with van der Waals surface area (Å²) in [7, 11) is 3.19. The van der Waals surface area contributed by atoms with E-state index >= 15 is 0 Å². The van der Waals surface area contributed by atoms with Gasteiger partial charge in [0.15, 0.2) is 0 Å². The molecular formula is C22H26N2O4. The van der Waals surface area contributed by atoms with Crippen LogP contribution in [0.3, 0.4) is 0 Å². The maximum atomic E-state index is 12.8. The Bertz CT molecular complexity index is 863. The minimum absolute atomic E-state index is 0.0318. The van der Waals surface area contributed by atoms with E-state index in [0.29, 0.717) is 18.0 Å². The van der Waals surface area contributed by atoms with Crippen molar-refractivity contribution < 1.29 is 19.1 Å². The molecule has 1 fully saturated rings. The summed E-state index contributed by atoms with van der Waals surface area (Å²) in [6, 6.07) is 13.0. The fraction of sp³-hybridized carbons (Fsp3) is 0.364. The first-order chi connectivity index (χ1) is 13.4. The van der Waals surface area contributed by atoms with E-state index in [4.69, 9.17) is 9.47 Å². The van der Waals surface area contributed by atoms with Crippen LogP contribution in [-0.2, 0) is 9.59 Å². The zero-order valence-electron chi connectivity index (χ0n) is 16.7. The van der Waals surface area contributed by atoms with Gasteiger partial charge >= 0.3 is 0 Å². The molecule has 0 spiro atoms. The lowest BCUT2D eigenvalue weighted by Gasteiger charge is -2.20. The minimum atomic E-state index is -0.382. The van der Waals surface area contributed by atoms with E-state index in [1.807, 2.05) is 56.3 Å². The number of methoxy groups -OCH3 is 2. The molecule has 1 saturated heterocycles. The van der Waals surface area contributed by atoms with Crippen molar-refractivity contribution in [3.63, 3.8) is 0 Å². The van der Waals surface area contributed by atoms with Gasteiger partial charge in [-0.15, -0.1) is 0 Å². The van der Waals surface area contributed by atoms with Crippen LogP contribution >= 0.6 is 0 Å². The second-order valence-electron chi connectivity index (χ2n) is 7.08. The first kappa shape index (κ1) is 19.7. The fourth-order valence-corrected chi connectivity index (χ4v) is 3.44. The summed E-state index contributed by atoms with van der Waals surface area (Å²) < 4.78 is 10.7. The van der Waals surface area contributed by atoms with Crippen molar-refractivity contribution in [2.45, 2.75) is 26.3 Å². The van der Waals surface area contributed by atoms with Gasteiger partial charge in [-0.3, -0.25) is 9.59 Å². The topological polar surface area (TPSA) is 67.9 Å². The quantitative estimate of drug-likeness (QED) is 0.833. The molecular weight excluding hydrogens is 356 g/mol. The van der Waals surface area contributed by atoms with E-state index in [9.17, 15) is 9.59 Å². The Hall–Kier alpha value is -3.02. The number of hydrogen-bond donors (Lipinski definition) is 1. The summed E-state index contributed by atoms with van der Waals surface area (Å²) in [5, 5.41) is 3.01. The van der Waals surface area contributed by atoms with E-state index in [1.165, 1.54) is 0 Å². The molecule has 6 heteroatoms. The number of anilines is 1. The second kappa shape index (κ2) is 8.33. The molecule has 28 heavy (non-hydrogen) atoms. The van der Waals surface area contributed by atoms with Gasteiger partial charge < -0.3 is 19.7 Å². The van der Waals surface area contributed by atoms with Gasteiger partial charge in [-0.2, -0.15) is 0 Å². The largest absolute Gasteiger partial charge is 0.497 e. The highest BCUT2D eigenvalue weighted by molar-refractivity contribution is 6.00. The maximum absolute atomic E-state index is 12.8. The lowest BCUT2D eigenvalue weighted by atomic mass is 10.0. The smallest absolute Gasteiger partial charge is 0.227 e. The number of amides is 2. The summed E-state index contributed by atoms with van der Waals surface area (Å²) >= 11 is 0. The first-order valence-corrected chi connectivity index (χ1v) is 9.32. The number of rotatable bonds is 6. The molecule has 6 nitrogen and oxygen atoms in total. The zero-order chi connectivity index (χ0) is 20.3. The molecule has 1 heterocycles. The average Bonchev–Trinajstić information content (AvgIpc) is 3.09. The van der Waals surface area contributed by atoms with E-state index < -0.39 is 0 Å². The van der Waals surface area contributed by atoms with Gasteiger partial charge in [0.05, 0.1) is 26.2 Å². The van der Waals surface area contributed by atoms with Crippen LogP contribution < -0.4 is 19.7 Å². The van der Waals surface area contributed by atoms with Gasteiger partial charge in [0.2, 0.25) is 11.8 Å². The zero-order valence-corrected chi connectivity index (χ0v) is 16.7. The maximum Gasteiger partial charge on any atom is 0.227 e. The van der Waals surface area contributed by atoms with Crippen molar-refractivity contribution in [2.75, 3.05) is 25.7 Å².